The molecule has 1 heterocycles. The predicted octanol–water partition coefficient (Wildman–Crippen LogP) is 3.26. The number of amides is 1. The van der Waals surface area contributed by atoms with Crippen molar-refractivity contribution < 1.29 is 9.53 Å². The molecule has 3 N–H and O–H groups in total. The molecule has 1 aromatic heterocycles. The first-order valence-electron chi connectivity index (χ1n) is 10.8. The van der Waals surface area contributed by atoms with Gasteiger partial charge in [-0.25, -0.2) is 4.79 Å². The maximum atomic E-state index is 13.4. The number of aromatic amines is 1. The Balaban J connectivity index is 2.45. The molecule has 0 aliphatic rings. The lowest BCUT2D eigenvalue weighted by atomic mass is 10.1. The highest BCUT2D eigenvalue weighted by molar-refractivity contribution is 6.07. The molecule has 1 aromatic carbocycles. The second kappa shape index (κ2) is 10.8. The Bertz CT molecular complexity index is 990. The maximum absolute atomic E-state index is 13.4. The standard InChI is InChI=1S/C23H34N4O4/c1-6-7-12-31-18-10-8-17(9-11-18)22(29)26(13-15(2)3)19-20(24)27(14-16(4)5)23(30)25-21(19)28/h8-11,15-16H,6-7,12-14,24H2,1-5H3,(H,25,28,30). The number of aromatic nitrogens is 2. The topological polar surface area (TPSA) is 110 Å². The van der Waals surface area contributed by atoms with Crippen molar-refractivity contribution in [1.82, 2.24) is 9.55 Å². The first-order chi connectivity index (χ1) is 14.6. The molecule has 2 aromatic rings. The molecule has 0 spiro atoms. The van der Waals surface area contributed by atoms with Crippen LogP contribution < -0.4 is 26.6 Å². The molecule has 2 rings (SSSR count). The van der Waals surface area contributed by atoms with Gasteiger partial charge in [0.05, 0.1) is 6.61 Å². The number of hydrogen-bond acceptors (Lipinski definition) is 5. The summed E-state index contributed by atoms with van der Waals surface area (Å²) in [6, 6.07) is 6.82. The van der Waals surface area contributed by atoms with Crippen molar-refractivity contribution in [2.45, 2.75) is 54.0 Å². The number of anilines is 2. The molecule has 0 saturated carbocycles. The molecule has 31 heavy (non-hydrogen) atoms. The van der Waals surface area contributed by atoms with Crippen LogP contribution in [0, 0.1) is 11.8 Å². The highest BCUT2D eigenvalue weighted by atomic mass is 16.5. The Morgan fingerprint density at radius 1 is 1.13 bits per heavy atom. The van der Waals surface area contributed by atoms with Gasteiger partial charge in [-0.05, 0) is 42.5 Å². The minimum Gasteiger partial charge on any atom is -0.494 e. The summed E-state index contributed by atoms with van der Waals surface area (Å²) in [5, 5.41) is 0. The number of rotatable bonds is 10. The molecule has 0 radical (unpaired) electrons. The van der Waals surface area contributed by atoms with Gasteiger partial charge < -0.3 is 15.4 Å². The molecule has 0 atom stereocenters. The van der Waals surface area contributed by atoms with Gasteiger partial charge in [0.25, 0.3) is 11.5 Å². The highest BCUT2D eigenvalue weighted by Gasteiger charge is 2.26. The van der Waals surface area contributed by atoms with Gasteiger partial charge in [-0.3, -0.25) is 19.1 Å². The van der Waals surface area contributed by atoms with Crippen molar-refractivity contribution in [1.29, 1.82) is 0 Å². The van der Waals surface area contributed by atoms with Gasteiger partial charge in [0.2, 0.25) is 0 Å². The summed E-state index contributed by atoms with van der Waals surface area (Å²) >= 11 is 0. The van der Waals surface area contributed by atoms with Crippen LogP contribution >= 0.6 is 0 Å². The van der Waals surface area contributed by atoms with E-state index in [2.05, 4.69) is 11.9 Å². The van der Waals surface area contributed by atoms with Gasteiger partial charge in [-0.15, -0.1) is 0 Å². The Hall–Kier alpha value is -3.03. The van der Waals surface area contributed by atoms with Crippen molar-refractivity contribution in [2.24, 2.45) is 11.8 Å². The van der Waals surface area contributed by atoms with Crippen LogP contribution in [0.15, 0.2) is 33.9 Å². The van der Waals surface area contributed by atoms with E-state index in [0.717, 1.165) is 12.8 Å². The zero-order valence-corrected chi connectivity index (χ0v) is 19.1. The Morgan fingerprint density at radius 3 is 2.32 bits per heavy atom. The third-order valence-electron chi connectivity index (χ3n) is 4.69. The van der Waals surface area contributed by atoms with Crippen molar-refractivity contribution in [3.8, 4) is 5.75 Å². The van der Waals surface area contributed by atoms with Gasteiger partial charge in [0.1, 0.15) is 11.6 Å². The lowest BCUT2D eigenvalue weighted by molar-refractivity contribution is 0.0983. The fraction of sp³-hybridized carbons (Fsp3) is 0.522. The van der Waals surface area contributed by atoms with E-state index in [-0.39, 0.29) is 35.8 Å². The van der Waals surface area contributed by atoms with Gasteiger partial charge in [0.15, 0.2) is 5.69 Å². The third-order valence-corrected chi connectivity index (χ3v) is 4.69. The Morgan fingerprint density at radius 2 is 1.77 bits per heavy atom. The van der Waals surface area contributed by atoms with Crippen LogP contribution in [0.25, 0.3) is 0 Å². The minimum atomic E-state index is -0.670. The molecule has 8 nitrogen and oxygen atoms in total. The predicted molar refractivity (Wildman–Crippen MR) is 124 cm³/mol. The highest BCUT2D eigenvalue weighted by Crippen LogP contribution is 2.22. The van der Waals surface area contributed by atoms with Crippen molar-refractivity contribution in [2.75, 3.05) is 23.8 Å². The molecular weight excluding hydrogens is 396 g/mol. The zero-order chi connectivity index (χ0) is 23.1. The number of carbonyl (C=O) groups excluding carboxylic acids is 1. The van der Waals surface area contributed by atoms with E-state index in [0.29, 0.717) is 24.5 Å². The molecule has 0 unspecified atom stereocenters. The fourth-order valence-electron chi connectivity index (χ4n) is 3.21. The van der Waals surface area contributed by atoms with Crippen LogP contribution in [0.4, 0.5) is 11.5 Å². The summed E-state index contributed by atoms with van der Waals surface area (Å²) in [5.74, 6) is 0.526. The summed E-state index contributed by atoms with van der Waals surface area (Å²) in [4.78, 5) is 42.0. The Labute approximate surface area is 183 Å². The van der Waals surface area contributed by atoms with E-state index < -0.39 is 11.2 Å². The number of nitrogen functional groups attached to an aromatic ring is 1. The number of nitrogens with zero attached hydrogens (tertiary/aromatic N) is 2. The Kier molecular flexibility index (Phi) is 8.47. The van der Waals surface area contributed by atoms with Crippen molar-refractivity contribution in [3.63, 3.8) is 0 Å². The number of benzene rings is 1. The summed E-state index contributed by atoms with van der Waals surface area (Å²) in [7, 11) is 0. The lowest BCUT2D eigenvalue weighted by Crippen LogP contribution is -2.43. The van der Waals surface area contributed by atoms with Crippen molar-refractivity contribution >= 4 is 17.4 Å². The number of H-pyrrole nitrogens is 1. The number of hydrogen-bond donors (Lipinski definition) is 2. The first kappa shape index (κ1) is 24.2. The largest absolute Gasteiger partial charge is 0.494 e. The van der Waals surface area contributed by atoms with Crippen LogP contribution in [-0.4, -0.2) is 28.6 Å². The number of ether oxygens (including phenoxy) is 1. The van der Waals surface area contributed by atoms with E-state index in [1.165, 1.54) is 9.47 Å². The van der Waals surface area contributed by atoms with E-state index in [1.54, 1.807) is 24.3 Å². The van der Waals surface area contributed by atoms with Crippen LogP contribution in [-0.2, 0) is 6.54 Å². The van der Waals surface area contributed by atoms with E-state index in [4.69, 9.17) is 10.5 Å². The quantitative estimate of drug-likeness (QED) is 0.562. The average molecular weight is 431 g/mol. The minimum absolute atomic E-state index is 0.00206. The summed E-state index contributed by atoms with van der Waals surface area (Å²) in [5.41, 5.74) is 5.41. The smallest absolute Gasteiger partial charge is 0.330 e. The molecule has 1 amide bonds. The SMILES string of the molecule is CCCCOc1ccc(C(=O)N(CC(C)C)c2c(N)n(CC(C)C)c(=O)[nH]c2=O)cc1. The molecule has 0 aliphatic carbocycles. The zero-order valence-electron chi connectivity index (χ0n) is 19.1. The second-order valence-electron chi connectivity index (χ2n) is 8.53. The summed E-state index contributed by atoms with van der Waals surface area (Å²) in [6.45, 7) is 11.1. The van der Waals surface area contributed by atoms with Gasteiger partial charge in [-0.2, -0.15) is 0 Å². The van der Waals surface area contributed by atoms with Gasteiger partial charge in [0, 0.05) is 18.7 Å². The molecule has 0 fully saturated rings. The van der Waals surface area contributed by atoms with Crippen LogP contribution in [0.5, 0.6) is 5.75 Å². The monoisotopic (exact) mass is 430 g/mol. The van der Waals surface area contributed by atoms with Crippen LogP contribution in [0.3, 0.4) is 0 Å². The molecule has 0 bridgehead atoms. The lowest BCUT2D eigenvalue weighted by Gasteiger charge is -2.26. The number of nitrogens with two attached hydrogens (primary N) is 1. The van der Waals surface area contributed by atoms with Crippen LogP contribution in [0.2, 0.25) is 0 Å². The van der Waals surface area contributed by atoms with E-state index in [9.17, 15) is 14.4 Å². The molecular formula is C23H34N4O4. The van der Waals surface area contributed by atoms with E-state index >= 15 is 0 Å². The molecule has 0 saturated heterocycles. The molecule has 0 aliphatic heterocycles. The molecule has 170 valence electrons. The fourth-order valence-corrected chi connectivity index (χ4v) is 3.21. The molecule has 8 heteroatoms. The van der Waals surface area contributed by atoms with Crippen LogP contribution in [0.1, 0.15) is 57.8 Å². The van der Waals surface area contributed by atoms with Crippen molar-refractivity contribution in [3.05, 3.63) is 50.7 Å². The van der Waals surface area contributed by atoms with Gasteiger partial charge in [-0.1, -0.05) is 41.0 Å². The summed E-state index contributed by atoms with van der Waals surface area (Å²) < 4.78 is 6.97. The summed E-state index contributed by atoms with van der Waals surface area (Å²) in [6.07, 6.45) is 1.99. The number of carbonyl (C=O) groups is 1. The van der Waals surface area contributed by atoms with E-state index in [1.807, 2.05) is 27.7 Å². The normalized spacial score (nSPS) is 11.2. The number of nitrogens with one attached hydrogen (secondary N) is 1. The maximum Gasteiger partial charge on any atom is 0.330 e. The third kappa shape index (κ3) is 6.23. The number of unbranched alkanes of at least 4 members (excludes halogenated alkanes) is 1. The van der Waals surface area contributed by atoms with Gasteiger partial charge >= 0.3 is 5.69 Å². The second-order valence-corrected chi connectivity index (χ2v) is 8.53. The average Bonchev–Trinajstić information content (AvgIpc) is 2.70. The first-order valence-corrected chi connectivity index (χ1v) is 10.8.